The lowest BCUT2D eigenvalue weighted by molar-refractivity contribution is 0.102. The Balaban J connectivity index is 1.50. The molecule has 148 valence electrons. The van der Waals surface area contributed by atoms with Crippen molar-refractivity contribution in [2.24, 2.45) is 0 Å². The van der Waals surface area contributed by atoms with E-state index < -0.39 is 0 Å². The molecule has 6 heteroatoms. The number of para-hydroxylation sites is 2. The fraction of sp³-hybridized carbons (Fsp3) is 0.455. The van der Waals surface area contributed by atoms with E-state index in [1.807, 2.05) is 36.5 Å². The van der Waals surface area contributed by atoms with Gasteiger partial charge in [-0.3, -0.25) is 9.78 Å². The summed E-state index contributed by atoms with van der Waals surface area (Å²) in [6.07, 6.45) is 8.47. The van der Waals surface area contributed by atoms with Crippen LogP contribution in [0.2, 0.25) is 0 Å². The third-order valence-corrected chi connectivity index (χ3v) is 5.46. The molecule has 2 saturated heterocycles. The van der Waals surface area contributed by atoms with E-state index >= 15 is 0 Å². The number of nitrogens with one attached hydrogen (secondary N) is 1. The van der Waals surface area contributed by atoms with Crippen molar-refractivity contribution in [1.29, 1.82) is 0 Å². The molecule has 1 amide bonds. The van der Waals surface area contributed by atoms with E-state index in [4.69, 9.17) is 4.74 Å². The molecular formula is C22H28N4O2. The zero-order valence-corrected chi connectivity index (χ0v) is 16.3. The molecule has 28 heavy (non-hydrogen) atoms. The van der Waals surface area contributed by atoms with Gasteiger partial charge in [0, 0.05) is 32.4 Å². The molecule has 0 aliphatic carbocycles. The van der Waals surface area contributed by atoms with Crippen LogP contribution in [0.1, 0.15) is 36.0 Å². The smallest absolute Gasteiger partial charge is 0.257 e. The Labute approximate surface area is 166 Å². The Morgan fingerprint density at radius 2 is 1.68 bits per heavy atom. The number of amides is 1. The van der Waals surface area contributed by atoms with Gasteiger partial charge in [-0.2, -0.15) is 0 Å². The van der Waals surface area contributed by atoms with Crippen molar-refractivity contribution in [3.05, 3.63) is 48.3 Å². The predicted octanol–water partition coefficient (Wildman–Crippen LogP) is 3.55. The van der Waals surface area contributed by atoms with Crippen molar-refractivity contribution in [1.82, 2.24) is 4.98 Å². The van der Waals surface area contributed by atoms with E-state index in [0.29, 0.717) is 18.8 Å². The predicted molar refractivity (Wildman–Crippen MR) is 112 cm³/mol. The lowest BCUT2D eigenvalue weighted by Gasteiger charge is -2.30. The molecule has 0 bridgehead atoms. The van der Waals surface area contributed by atoms with Crippen LogP contribution in [0.25, 0.3) is 0 Å². The van der Waals surface area contributed by atoms with Gasteiger partial charge in [0.15, 0.2) is 0 Å². The normalized spacial score (nSPS) is 17.9. The van der Waals surface area contributed by atoms with E-state index in [1.165, 1.54) is 25.7 Å². The molecule has 2 aliphatic heterocycles. The number of anilines is 3. The summed E-state index contributed by atoms with van der Waals surface area (Å²) in [6.45, 7) is 5.16. The van der Waals surface area contributed by atoms with Crippen molar-refractivity contribution in [3.63, 3.8) is 0 Å². The van der Waals surface area contributed by atoms with Crippen molar-refractivity contribution in [2.75, 3.05) is 54.5 Å². The second-order valence-electron chi connectivity index (χ2n) is 7.40. The van der Waals surface area contributed by atoms with Crippen LogP contribution in [0.4, 0.5) is 17.1 Å². The molecule has 6 nitrogen and oxygen atoms in total. The molecule has 0 spiro atoms. The van der Waals surface area contributed by atoms with Crippen molar-refractivity contribution in [3.8, 4) is 0 Å². The molecule has 1 aromatic carbocycles. The molecule has 0 saturated carbocycles. The number of rotatable bonds is 4. The molecule has 3 heterocycles. The van der Waals surface area contributed by atoms with Gasteiger partial charge in [0.25, 0.3) is 5.91 Å². The summed E-state index contributed by atoms with van der Waals surface area (Å²) in [6, 6.07) is 9.92. The molecule has 1 N–H and O–H groups in total. The summed E-state index contributed by atoms with van der Waals surface area (Å²) in [5.41, 5.74) is 3.50. The zero-order chi connectivity index (χ0) is 19.2. The third-order valence-electron chi connectivity index (χ3n) is 5.46. The summed E-state index contributed by atoms with van der Waals surface area (Å²) in [5.74, 6) is -0.120. The van der Waals surface area contributed by atoms with Gasteiger partial charge in [0.05, 0.1) is 42.0 Å². The Morgan fingerprint density at radius 3 is 2.46 bits per heavy atom. The third kappa shape index (κ3) is 4.44. The fourth-order valence-corrected chi connectivity index (χ4v) is 3.91. The molecule has 0 atom stereocenters. The van der Waals surface area contributed by atoms with E-state index in [0.717, 1.165) is 43.2 Å². The maximum absolute atomic E-state index is 12.9. The molecule has 0 radical (unpaired) electrons. The maximum Gasteiger partial charge on any atom is 0.257 e. The van der Waals surface area contributed by atoms with Gasteiger partial charge < -0.3 is 19.9 Å². The number of carbonyl (C=O) groups is 1. The summed E-state index contributed by atoms with van der Waals surface area (Å²) >= 11 is 0. The highest BCUT2D eigenvalue weighted by molar-refractivity contribution is 6.06. The summed E-state index contributed by atoms with van der Waals surface area (Å²) in [7, 11) is 0. The molecule has 0 unspecified atom stereocenters. The first-order valence-electron chi connectivity index (χ1n) is 10.2. The number of hydrogen-bond acceptors (Lipinski definition) is 5. The Bertz CT molecular complexity index is 797. The van der Waals surface area contributed by atoms with Crippen LogP contribution >= 0.6 is 0 Å². The molecule has 4 rings (SSSR count). The van der Waals surface area contributed by atoms with Crippen LogP contribution in [0.5, 0.6) is 0 Å². The Kier molecular flexibility index (Phi) is 6.07. The van der Waals surface area contributed by atoms with Crippen molar-refractivity contribution < 1.29 is 9.53 Å². The number of ether oxygens (including phenoxy) is 1. The van der Waals surface area contributed by atoms with E-state index in [9.17, 15) is 4.79 Å². The van der Waals surface area contributed by atoms with E-state index in [-0.39, 0.29) is 5.91 Å². The van der Waals surface area contributed by atoms with Crippen LogP contribution < -0.4 is 15.1 Å². The first-order chi connectivity index (χ1) is 13.8. The number of hydrogen-bond donors (Lipinski definition) is 1. The maximum atomic E-state index is 12.9. The number of carbonyl (C=O) groups excluding carboxylic acids is 1. The summed E-state index contributed by atoms with van der Waals surface area (Å²) in [5, 5.41) is 3.09. The number of aromatic nitrogens is 1. The zero-order valence-electron chi connectivity index (χ0n) is 16.3. The SMILES string of the molecule is O=C(Nc1ccccc1N1CCOCC1)c1cncc(N2CCCCCC2)c1. The second kappa shape index (κ2) is 9.06. The monoisotopic (exact) mass is 380 g/mol. The Morgan fingerprint density at radius 1 is 0.929 bits per heavy atom. The quantitative estimate of drug-likeness (QED) is 0.879. The van der Waals surface area contributed by atoms with Crippen LogP contribution in [-0.2, 0) is 4.74 Å². The first kappa shape index (κ1) is 18.7. The van der Waals surface area contributed by atoms with Gasteiger partial charge in [-0.25, -0.2) is 0 Å². The minimum atomic E-state index is -0.120. The molecule has 2 fully saturated rings. The highest BCUT2D eigenvalue weighted by Crippen LogP contribution is 2.27. The average Bonchev–Trinajstić information content (AvgIpc) is 3.04. The van der Waals surface area contributed by atoms with Gasteiger partial charge in [0.2, 0.25) is 0 Å². The van der Waals surface area contributed by atoms with E-state index in [1.54, 1.807) is 6.20 Å². The minimum Gasteiger partial charge on any atom is -0.378 e. The first-order valence-corrected chi connectivity index (χ1v) is 10.2. The highest BCUT2D eigenvalue weighted by Gasteiger charge is 2.17. The number of nitrogens with zero attached hydrogens (tertiary/aromatic N) is 3. The lowest BCUT2D eigenvalue weighted by atomic mass is 10.2. The van der Waals surface area contributed by atoms with Crippen LogP contribution in [0.3, 0.4) is 0 Å². The van der Waals surface area contributed by atoms with Gasteiger partial charge in [-0.15, -0.1) is 0 Å². The lowest BCUT2D eigenvalue weighted by Crippen LogP contribution is -2.36. The Hall–Kier alpha value is -2.60. The van der Waals surface area contributed by atoms with Gasteiger partial charge in [-0.05, 0) is 31.0 Å². The number of morpholine rings is 1. The van der Waals surface area contributed by atoms with Crippen LogP contribution in [-0.4, -0.2) is 50.3 Å². The topological polar surface area (TPSA) is 57.7 Å². The van der Waals surface area contributed by atoms with Crippen LogP contribution in [0, 0.1) is 0 Å². The molecule has 2 aliphatic rings. The number of benzene rings is 1. The van der Waals surface area contributed by atoms with Gasteiger partial charge in [-0.1, -0.05) is 25.0 Å². The molecule has 1 aromatic heterocycles. The van der Waals surface area contributed by atoms with Crippen molar-refractivity contribution in [2.45, 2.75) is 25.7 Å². The van der Waals surface area contributed by atoms with Gasteiger partial charge >= 0.3 is 0 Å². The molecule has 2 aromatic rings. The van der Waals surface area contributed by atoms with Crippen LogP contribution in [0.15, 0.2) is 42.7 Å². The summed E-state index contributed by atoms with van der Waals surface area (Å²) in [4.78, 5) is 21.9. The molecular weight excluding hydrogens is 352 g/mol. The minimum absolute atomic E-state index is 0.120. The van der Waals surface area contributed by atoms with E-state index in [2.05, 4.69) is 20.1 Å². The second-order valence-corrected chi connectivity index (χ2v) is 7.40. The highest BCUT2D eigenvalue weighted by atomic mass is 16.5. The number of pyridine rings is 1. The largest absolute Gasteiger partial charge is 0.378 e. The average molecular weight is 380 g/mol. The van der Waals surface area contributed by atoms with Gasteiger partial charge in [0.1, 0.15) is 0 Å². The summed E-state index contributed by atoms with van der Waals surface area (Å²) < 4.78 is 5.45. The van der Waals surface area contributed by atoms with Crippen molar-refractivity contribution >= 4 is 23.0 Å². The fourth-order valence-electron chi connectivity index (χ4n) is 3.91. The standard InChI is InChI=1S/C22H28N4O2/c27-22(18-15-19(17-23-16-18)25-9-5-1-2-6-10-25)24-20-7-3-4-8-21(20)26-11-13-28-14-12-26/h3-4,7-8,15-17H,1-2,5-6,9-14H2,(H,24,27).